The average molecular weight is 323 g/mol. The molecular formula is C20H22FN3. The Bertz CT molecular complexity index is 791. The van der Waals surface area contributed by atoms with E-state index in [1.807, 2.05) is 19.1 Å². The molecule has 0 bridgehead atoms. The van der Waals surface area contributed by atoms with Crippen LogP contribution in [0.1, 0.15) is 54.5 Å². The fourth-order valence-electron chi connectivity index (χ4n) is 3.22. The molecular weight excluding hydrogens is 301 g/mol. The second-order valence-electron chi connectivity index (χ2n) is 6.18. The van der Waals surface area contributed by atoms with Gasteiger partial charge in [0.05, 0.1) is 5.69 Å². The first kappa shape index (κ1) is 16.4. The van der Waals surface area contributed by atoms with Crippen LogP contribution >= 0.6 is 0 Å². The van der Waals surface area contributed by atoms with Crippen LogP contribution in [-0.2, 0) is 6.42 Å². The number of anilines is 1. The normalized spacial score (nSPS) is 15.2. The molecule has 1 aliphatic rings. The number of halogens is 1. The molecule has 0 radical (unpaired) electrons. The molecule has 0 unspecified atom stereocenters. The standard InChI is InChI=1S/C20H22FN3/c1-3-13(4-2)17-9-8-16(14-6-5-7-14)18(20(17)21)10-15-11-19(22)24-12-23-15/h3-4,8-9,11-12,14H,1,5-7,10H2,2H3,(H2,22,23,24)/b13-4+. The molecule has 1 heterocycles. The van der Waals surface area contributed by atoms with Crippen LogP contribution in [0, 0.1) is 5.82 Å². The van der Waals surface area contributed by atoms with Crippen molar-refractivity contribution < 1.29 is 4.39 Å². The highest BCUT2D eigenvalue weighted by molar-refractivity contribution is 5.74. The predicted molar refractivity (Wildman–Crippen MR) is 96.1 cm³/mol. The van der Waals surface area contributed by atoms with E-state index >= 15 is 4.39 Å². The van der Waals surface area contributed by atoms with Gasteiger partial charge < -0.3 is 5.73 Å². The van der Waals surface area contributed by atoms with Crippen molar-refractivity contribution in [1.29, 1.82) is 0 Å². The summed E-state index contributed by atoms with van der Waals surface area (Å²) < 4.78 is 15.3. The molecule has 3 nitrogen and oxygen atoms in total. The molecule has 124 valence electrons. The van der Waals surface area contributed by atoms with E-state index in [9.17, 15) is 0 Å². The number of nitrogens with two attached hydrogens (primary N) is 1. The Morgan fingerprint density at radius 2 is 2.17 bits per heavy atom. The fourth-order valence-corrected chi connectivity index (χ4v) is 3.22. The van der Waals surface area contributed by atoms with Gasteiger partial charge in [-0.05, 0) is 42.4 Å². The lowest BCUT2D eigenvalue weighted by atomic mass is 9.76. The number of nitrogens with zero attached hydrogens (tertiary/aromatic N) is 2. The zero-order valence-electron chi connectivity index (χ0n) is 13.9. The minimum absolute atomic E-state index is 0.176. The van der Waals surface area contributed by atoms with E-state index in [-0.39, 0.29) is 5.82 Å². The Balaban J connectivity index is 2.08. The molecule has 24 heavy (non-hydrogen) atoms. The molecule has 2 N–H and O–H groups in total. The lowest BCUT2D eigenvalue weighted by Crippen LogP contribution is -2.14. The van der Waals surface area contributed by atoms with Gasteiger partial charge in [0, 0.05) is 18.1 Å². The largest absolute Gasteiger partial charge is 0.384 e. The van der Waals surface area contributed by atoms with Gasteiger partial charge in [-0.1, -0.05) is 37.3 Å². The molecule has 0 saturated heterocycles. The van der Waals surface area contributed by atoms with Crippen molar-refractivity contribution in [2.75, 3.05) is 5.73 Å². The molecule has 0 atom stereocenters. The maximum Gasteiger partial charge on any atom is 0.134 e. The van der Waals surface area contributed by atoms with Gasteiger partial charge in [-0.25, -0.2) is 14.4 Å². The topological polar surface area (TPSA) is 51.8 Å². The Hall–Kier alpha value is -2.49. The first-order valence-corrected chi connectivity index (χ1v) is 8.30. The first-order chi connectivity index (χ1) is 11.6. The third-order valence-corrected chi connectivity index (χ3v) is 4.77. The van der Waals surface area contributed by atoms with Gasteiger partial charge in [0.1, 0.15) is 18.0 Å². The van der Waals surface area contributed by atoms with Crippen LogP contribution in [0.25, 0.3) is 5.57 Å². The SMILES string of the molecule is C=C/C(=C\C)c1ccc(C2CCC2)c(Cc2cc(N)ncn2)c1F. The summed E-state index contributed by atoms with van der Waals surface area (Å²) in [7, 11) is 0. The first-order valence-electron chi connectivity index (χ1n) is 8.30. The summed E-state index contributed by atoms with van der Waals surface area (Å²) in [5.41, 5.74) is 9.68. The van der Waals surface area contributed by atoms with Crippen LogP contribution in [0.4, 0.5) is 10.2 Å². The maximum atomic E-state index is 15.3. The molecule has 4 heteroatoms. The molecule has 1 fully saturated rings. The predicted octanol–water partition coefficient (Wildman–Crippen LogP) is 4.65. The average Bonchev–Trinajstić information content (AvgIpc) is 2.52. The van der Waals surface area contributed by atoms with E-state index in [1.165, 1.54) is 12.7 Å². The van der Waals surface area contributed by atoms with Gasteiger partial charge in [0.2, 0.25) is 0 Å². The van der Waals surface area contributed by atoms with E-state index in [0.717, 1.165) is 35.2 Å². The molecule has 0 amide bonds. The quantitative estimate of drug-likeness (QED) is 0.815. The number of rotatable bonds is 5. The highest BCUT2D eigenvalue weighted by Gasteiger charge is 2.25. The van der Waals surface area contributed by atoms with E-state index < -0.39 is 0 Å². The molecule has 3 rings (SSSR count). The van der Waals surface area contributed by atoms with Crippen molar-refractivity contribution in [3.63, 3.8) is 0 Å². The van der Waals surface area contributed by atoms with Gasteiger partial charge in [-0.3, -0.25) is 0 Å². The van der Waals surface area contributed by atoms with Crippen LogP contribution in [0.3, 0.4) is 0 Å². The van der Waals surface area contributed by atoms with Crippen molar-refractivity contribution in [1.82, 2.24) is 9.97 Å². The zero-order valence-corrected chi connectivity index (χ0v) is 13.9. The second kappa shape index (κ2) is 6.95. The zero-order chi connectivity index (χ0) is 17.1. The highest BCUT2D eigenvalue weighted by Crippen LogP contribution is 2.40. The third-order valence-electron chi connectivity index (χ3n) is 4.77. The Morgan fingerprint density at radius 1 is 1.38 bits per heavy atom. The summed E-state index contributed by atoms with van der Waals surface area (Å²) in [4.78, 5) is 8.15. The Morgan fingerprint density at radius 3 is 2.75 bits per heavy atom. The summed E-state index contributed by atoms with van der Waals surface area (Å²) >= 11 is 0. The summed E-state index contributed by atoms with van der Waals surface area (Å²) in [6.07, 6.45) is 8.86. The van der Waals surface area contributed by atoms with E-state index in [0.29, 0.717) is 23.7 Å². The summed E-state index contributed by atoms with van der Waals surface area (Å²) in [5.74, 6) is 0.673. The number of hydrogen-bond donors (Lipinski definition) is 1. The highest BCUT2D eigenvalue weighted by atomic mass is 19.1. The summed E-state index contributed by atoms with van der Waals surface area (Å²) in [6, 6.07) is 5.65. The van der Waals surface area contributed by atoms with Crippen LogP contribution in [-0.4, -0.2) is 9.97 Å². The van der Waals surface area contributed by atoms with Crippen LogP contribution in [0.2, 0.25) is 0 Å². The minimum atomic E-state index is -0.176. The summed E-state index contributed by atoms with van der Waals surface area (Å²) in [6.45, 7) is 5.68. The van der Waals surface area contributed by atoms with Crippen LogP contribution in [0.15, 0.2) is 43.3 Å². The number of hydrogen-bond acceptors (Lipinski definition) is 3. The number of allylic oxidation sites excluding steroid dienone is 3. The lowest BCUT2D eigenvalue weighted by molar-refractivity contribution is 0.415. The number of benzene rings is 1. The van der Waals surface area contributed by atoms with E-state index in [1.54, 1.807) is 12.1 Å². The minimum Gasteiger partial charge on any atom is -0.384 e. The van der Waals surface area contributed by atoms with Crippen LogP contribution < -0.4 is 5.73 Å². The molecule has 1 aromatic carbocycles. The molecule has 1 aliphatic carbocycles. The van der Waals surface area contributed by atoms with Crippen molar-refractivity contribution in [2.45, 2.75) is 38.5 Å². The van der Waals surface area contributed by atoms with Crippen molar-refractivity contribution >= 4 is 11.4 Å². The van der Waals surface area contributed by atoms with E-state index in [2.05, 4.69) is 22.6 Å². The smallest absolute Gasteiger partial charge is 0.134 e. The second-order valence-corrected chi connectivity index (χ2v) is 6.18. The number of aromatic nitrogens is 2. The summed E-state index contributed by atoms with van der Waals surface area (Å²) in [5, 5.41) is 0. The Labute approximate surface area is 142 Å². The third kappa shape index (κ3) is 3.09. The van der Waals surface area contributed by atoms with Gasteiger partial charge in [0.15, 0.2) is 0 Å². The molecule has 0 aliphatic heterocycles. The monoisotopic (exact) mass is 323 g/mol. The maximum absolute atomic E-state index is 15.3. The van der Waals surface area contributed by atoms with Gasteiger partial charge in [-0.15, -0.1) is 0 Å². The van der Waals surface area contributed by atoms with E-state index in [4.69, 9.17) is 5.73 Å². The van der Waals surface area contributed by atoms with Gasteiger partial charge in [0.25, 0.3) is 0 Å². The Kier molecular flexibility index (Phi) is 4.74. The molecule has 1 aromatic heterocycles. The number of nitrogen functional groups attached to an aromatic ring is 1. The van der Waals surface area contributed by atoms with Gasteiger partial charge in [-0.2, -0.15) is 0 Å². The van der Waals surface area contributed by atoms with Crippen molar-refractivity contribution in [3.8, 4) is 0 Å². The molecule has 1 saturated carbocycles. The van der Waals surface area contributed by atoms with Crippen molar-refractivity contribution in [2.24, 2.45) is 0 Å². The lowest BCUT2D eigenvalue weighted by Gasteiger charge is -2.29. The van der Waals surface area contributed by atoms with Gasteiger partial charge >= 0.3 is 0 Å². The fraction of sp³-hybridized carbons (Fsp3) is 0.300. The molecule has 2 aromatic rings. The van der Waals surface area contributed by atoms with Crippen molar-refractivity contribution in [3.05, 3.63) is 71.5 Å². The molecule has 0 spiro atoms. The van der Waals surface area contributed by atoms with Crippen LogP contribution in [0.5, 0.6) is 0 Å².